The summed E-state index contributed by atoms with van der Waals surface area (Å²) in [6.07, 6.45) is 0. The van der Waals surface area contributed by atoms with Crippen LogP contribution in [0.5, 0.6) is 0 Å². The lowest BCUT2D eigenvalue weighted by atomic mass is 10.2. The fourth-order valence-electron chi connectivity index (χ4n) is 1.09. The highest BCUT2D eigenvalue weighted by Gasteiger charge is 2.21. The van der Waals surface area contributed by atoms with Crippen LogP contribution in [0.25, 0.3) is 0 Å². The number of hydrogen-bond acceptors (Lipinski definition) is 4. The van der Waals surface area contributed by atoms with E-state index in [1.54, 1.807) is 12.1 Å². The lowest BCUT2D eigenvalue weighted by Gasteiger charge is -2.10. The molecule has 0 saturated carbocycles. The molecular formula is C9H8ClN3O. The molecular weight excluding hydrogens is 202 g/mol. The highest BCUT2D eigenvalue weighted by molar-refractivity contribution is 6.30. The predicted molar refractivity (Wildman–Crippen MR) is 54.2 cm³/mol. The van der Waals surface area contributed by atoms with Crippen LogP contribution in [-0.2, 0) is 4.84 Å². The average molecular weight is 210 g/mol. The number of hydrogen-bond donors (Lipinski definition) is 1. The molecule has 0 aliphatic carbocycles. The van der Waals surface area contributed by atoms with Crippen molar-refractivity contribution in [2.45, 2.75) is 0 Å². The summed E-state index contributed by atoms with van der Waals surface area (Å²) in [4.78, 5) is 4.82. The Morgan fingerprint density at radius 3 is 2.50 bits per heavy atom. The number of hydrazine groups is 1. The summed E-state index contributed by atoms with van der Waals surface area (Å²) in [6, 6.07) is 7.13. The third-order valence-corrected chi connectivity index (χ3v) is 2.09. The number of halogens is 1. The molecule has 0 saturated heterocycles. The van der Waals surface area contributed by atoms with E-state index < -0.39 is 0 Å². The third-order valence-electron chi connectivity index (χ3n) is 1.84. The monoisotopic (exact) mass is 209 g/mol. The van der Waals surface area contributed by atoms with E-state index in [2.05, 4.69) is 11.7 Å². The first kappa shape index (κ1) is 9.05. The normalized spacial score (nSPS) is 15.4. The first-order valence-electron chi connectivity index (χ1n) is 3.93. The Hall–Kier alpha value is -1.52. The summed E-state index contributed by atoms with van der Waals surface area (Å²) in [5, 5.41) is 5.72. The Morgan fingerprint density at radius 1 is 1.36 bits per heavy atom. The van der Waals surface area contributed by atoms with Crippen LogP contribution in [0.3, 0.4) is 0 Å². The van der Waals surface area contributed by atoms with Crippen LogP contribution in [0, 0.1) is 0 Å². The van der Waals surface area contributed by atoms with E-state index in [0.29, 0.717) is 16.7 Å². The molecule has 1 aliphatic heterocycles. The summed E-state index contributed by atoms with van der Waals surface area (Å²) in [6.45, 7) is 3.57. The Morgan fingerprint density at radius 2 is 2.00 bits per heavy atom. The van der Waals surface area contributed by atoms with Crippen molar-refractivity contribution in [1.29, 1.82) is 0 Å². The van der Waals surface area contributed by atoms with Gasteiger partial charge < -0.3 is 4.84 Å². The molecule has 4 nitrogen and oxygen atoms in total. The number of amidine groups is 1. The van der Waals surface area contributed by atoms with Crippen molar-refractivity contribution < 1.29 is 4.84 Å². The second kappa shape index (κ2) is 3.32. The Kier molecular flexibility index (Phi) is 2.15. The largest absolute Gasteiger partial charge is 0.335 e. The Balaban J connectivity index is 2.33. The van der Waals surface area contributed by atoms with Gasteiger partial charge in [0.05, 0.1) is 0 Å². The van der Waals surface area contributed by atoms with E-state index >= 15 is 0 Å². The Bertz CT molecular complexity index is 399. The van der Waals surface area contributed by atoms with Crippen LogP contribution in [0.1, 0.15) is 5.56 Å². The van der Waals surface area contributed by atoms with Crippen molar-refractivity contribution in [3.05, 3.63) is 47.3 Å². The SMILES string of the molecule is C=C1ON=C(c2ccc(Cl)cc2)N1N. The number of rotatable bonds is 1. The minimum atomic E-state index is 0.301. The van der Waals surface area contributed by atoms with Crippen LogP contribution in [0.15, 0.2) is 41.9 Å². The summed E-state index contributed by atoms with van der Waals surface area (Å²) in [7, 11) is 0. The fourth-order valence-corrected chi connectivity index (χ4v) is 1.22. The molecule has 2 rings (SSSR count). The molecule has 1 aliphatic rings. The summed E-state index contributed by atoms with van der Waals surface area (Å²) in [5.74, 6) is 6.46. The van der Waals surface area contributed by atoms with Gasteiger partial charge in [0, 0.05) is 10.6 Å². The van der Waals surface area contributed by atoms with Gasteiger partial charge in [0.1, 0.15) is 0 Å². The van der Waals surface area contributed by atoms with E-state index in [4.69, 9.17) is 22.3 Å². The van der Waals surface area contributed by atoms with Crippen molar-refractivity contribution in [1.82, 2.24) is 5.01 Å². The second-order valence-electron chi connectivity index (χ2n) is 2.78. The second-order valence-corrected chi connectivity index (χ2v) is 3.21. The van der Waals surface area contributed by atoms with Crippen LogP contribution >= 0.6 is 11.6 Å². The van der Waals surface area contributed by atoms with Crippen LogP contribution in [0.2, 0.25) is 5.02 Å². The minimum Gasteiger partial charge on any atom is -0.335 e. The number of nitrogens with two attached hydrogens (primary N) is 1. The molecule has 1 heterocycles. The molecule has 72 valence electrons. The van der Waals surface area contributed by atoms with Gasteiger partial charge in [0.2, 0.25) is 5.88 Å². The number of benzene rings is 1. The molecule has 2 N–H and O–H groups in total. The molecule has 0 bridgehead atoms. The molecule has 0 spiro atoms. The molecule has 0 radical (unpaired) electrons. The van der Waals surface area contributed by atoms with Gasteiger partial charge in [-0.15, -0.1) is 0 Å². The van der Waals surface area contributed by atoms with Crippen molar-refractivity contribution >= 4 is 17.4 Å². The first-order valence-corrected chi connectivity index (χ1v) is 4.31. The molecule has 14 heavy (non-hydrogen) atoms. The Labute approximate surface area is 86.2 Å². The quantitative estimate of drug-likeness (QED) is 0.716. The molecule has 0 unspecified atom stereocenters. The zero-order valence-corrected chi connectivity index (χ0v) is 8.03. The smallest absolute Gasteiger partial charge is 0.238 e. The van der Waals surface area contributed by atoms with E-state index in [0.717, 1.165) is 5.56 Å². The zero-order chi connectivity index (χ0) is 10.1. The van der Waals surface area contributed by atoms with Crippen molar-refractivity contribution in [3.8, 4) is 0 Å². The molecule has 1 aromatic carbocycles. The number of nitrogens with zero attached hydrogens (tertiary/aromatic N) is 2. The summed E-state index contributed by atoms with van der Waals surface area (Å²) < 4.78 is 0. The lowest BCUT2D eigenvalue weighted by Crippen LogP contribution is -2.32. The molecule has 0 aromatic heterocycles. The highest BCUT2D eigenvalue weighted by Crippen LogP contribution is 2.17. The zero-order valence-electron chi connectivity index (χ0n) is 7.27. The van der Waals surface area contributed by atoms with Crippen molar-refractivity contribution in [2.75, 3.05) is 0 Å². The van der Waals surface area contributed by atoms with Crippen molar-refractivity contribution in [2.24, 2.45) is 11.0 Å². The fraction of sp³-hybridized carbons (Fsp3) is 0. The van der Waals surface area contributed by atoms with E-state index in [9.17, 15) is 0 Å². The predicted octanol–water partition coefficient (Wildman–Crippen LogP) is 1.68. The molecule has 0 fully saturated rings. The standard InChI is InChI=1S/C9H8ClN3O/c1-6-13(11)9(12-14-6)7-2-4-8(10)5-3-7/h2-5H,1,11H2. The summed E-state index contributed by atoms with van der Waals surface area (Å²) in [5.41, 5.74) is 0.829. The van der Waals surface area contributed by atoms with Gasteiger partial charge in [-0.05, 0) is 30.8 Å². The van der Waals surface area contributed by atoms with Gasteiger partial charge >= 0.3 is 0 Å². The third kappa shape index (κ3) is 1.45. The van der Waals surface area contributed by atoms with Gasteiger partial charge in [-0.3, -0.25) is 0 Å². The highest BCUT2D eigenvalue weighted by atomic mass is 35.5. The molecule has 0 amide bonds. The van der Waals surface area contributed by atoms with E-state index in [1.165, 1.54) is 5.01 Å². The maximum atomic E-state index is 5.75. The van der Waals surface area contributed by atoms with Crippen LogP contribution in [-0.4, -0.2) is 10.8 Å². The summed E-state index contributed by atoms with van der Waals surface area (Å²) >= 11 is 5.75. The van der Waals surface area contributed by atoms with Gasteiger partial charge in [0.15, 0.2) is 5.84 Å². The van der Waals surface area contributed by atoms with Gasteiger partial charge in [-0.25, -0.2) is 10.9 Å². The van der Waals surface area contributed by atoms with Crippen LogP contribution < -0.4 is 5.84 Å². The molecule has 5 heteroatoms. The number of oxime groups is 1. The minimum absolute atomic E-state index is 0.301. The topological polar surface area (TPSA) is 50.8 Å². The average Bonchev–Trinajstić information content (AvgIpc) is 2.50. The lowest BCUT2D eigenvalue weighted by molar-refractivity contribution is 0.200. The van der Waals surface area contributed by atoms with Gasteiger partial charge in [-0.1, -0.05) is 16.8 Å². The van der Waals surface area contributed by atoms with Crippen molar-refractivity contribution in [3.63, 3.8) is 0 Å². The van der Waals surface area contributed by atoms with E-state index in [1.807, 2.05) is 12.1 Å². The maximum absolute atomic E-state index is 5.75. The first-order chi connectivity index (χ1) is 6.68. The van der Waals surface area contributed by atoms with Gasteiger partial charge in [0.25, 0.3) is 0 Å². The van der Waals surface area contributed by atoms with Gasteiger partial charge in [-0.2, -0.15) is 0 Å². The van der Waals surface area contributed by atoms with E-state index in [-0.39, 0.29) is 0 Å². The maximum Gasteiger partial charge on any atom is 0.238 e. The molecule has 1 aromatic rings. The molecule has 0 atom stereocenters. The van der Waals surface area contributed by atoms with Crippen LogP contribution in [0.4, 0.5) is 0 Å².